The lowest BCUT2D eigenvalue weighted by molar-refractivity contribution is 0.289. The molecule has 19 heavy (non-hydrogen) atoms. The molecule has 1 rings (SSSR count). The largest absolute Gasteiger partial charge is 0.303 e. The Morgan fingerprint density at radius 2 is 2.21 bits per heavy atom. The lowest BCUT2D eigenvalue weighted by Crippen LogP contribution is -2.45. The lowest BCUT2D eigenvalue weighted by Gasteiger charge is -2.27. The van der Waals surface area contributed by atoms with Crippen molar-refractivity contribution in [2.45, 2.75) is 71.4 Å². The van der Waals surface area contributed by atoms with E-state index in [-0.39, 0.29) is 5.54 Å². The summed E-state index contributed by atoms with van der Waals surface area (Å²) in [6, 6.07) is 2.80. The molecule has 1 heterocycles. The highest BCUT2D eigenvalue weighted by molar-refractivity contribution is 5.04. The van der Waals surface area contributed by atoms with Gasteiger partial charge in [-0.3, -0.25) is 5.32 Å². The quantitative estimate of drug-likeness (QED) is 0.732. The van der Waals surface area contributed by atoms with E-state index in [0.29, 0.717) is 6.04 Å². The molecule has 3 nitrogen and oxygen atoms in total. The number of hydrogen-bond donors (Lipinski definition) is 1. The first-order chi connectivity index (χ1) is 8.99. The van der Waals surface area contributed by atoms with Gasteiger partial charge in [-0.15, -0.1) is 0 Å². The summed E-state index contributed by atoms with van der Waals surface area (Å²) in [5.41, 5.74) is -0.364. The molecule has 0 aromatic rings. The number of nitrogens with one attached hydrogen (secondary N) is 1. The van der Waals surface area contributed by atoms with Gasteiger partial charge in [0.15, 0.2) is 0 Å². The average molecular weight is 265 g/mol. The highest BCUT2D eigenvalue weighted by atomic mass is 15.1. The second kappa shape index (κ2) is 7.87. The Kier molecular flexibility index (Phi) is 6.82. The summed E-state index contributed by atoms with van der Waals surface area (Å²) in [6.45, 7) is 12.2. The lowest BCUT2D eigenvalue weighted by atomic mass is 9.96. The second-order valence-corrected chi connectivity index (χ2v) is 6.59. The first kappa shape index (κ1) is 16.5. The smallest absolute Gasteiger partial charge is 0.104 e. The number of rotatable bonds is 8. The Hall–Kier alpha value is -0.590. The van der Waals surface area contributed by atoms with E-state index >= 15 is 0 Å². The Morgan fingerprint density at radius 3 is 2.79 bits per heavy atom. The molecule has 0 aliphatic carbocycles. The summed E-state index contributed by atoms with van der Waals surface area (Å²) in [5, 5.41) is 12.7. The van der Waals surface area contributed by atoms with Crippen molar-refractivity contribution in [2.75, 3.05) is 19.6 Å². The topological polar surface area (TPSA) is 39.1 Å². The fourth-order valence-electron chi connectivity index (χ4n) is 3.21. The van der Waals surface area contributed by atoms with Crippen molar-refractivity contribution < 1.29 is 0 Å². The standard InChI is InChI=1S/C16H31N3/c1-5-7-15-8-11-19(12-15)10-6-9-16(4,13-17)18-14(2)3/h14-15,18H,5-12H2,1-4H3. The SMILES string of the molecule is CCCC1CCN(CCCC(C)(C#N)NC(C)C)C1. The molecular formula is C16H31N3. The van der Waals surface area contributed by atoms with Gasteiger partial charge >= 0.3 is 0 Å². The van der Waals surface area contributed by atoms with Crippen LogP contribution in [0.2, 0.25) is 0 Å². The van der Waals surface area contributed by atoms with Crippen LogP contribution in [0.5, 0.6) is 0 Å². The number of likely N-dealkylation sites (tertiary alicyclic amines) is 1. The maximum Gasteiger partial charge on any atom is 0.104 e. The summed E-state index contributed by atoms with van der Waals surface area (Å²) in [6.07, 6.45) is 6.11. The van der Waals surface area contributed by atoms with Crippen LogP contribution in [0.1, 0.15) is 59.8 Å². The summed E-state index contributed by atoms with van der Waals surface area (Å²) >= 11 is 0. The molecule has 110 valence electrons. The molecule has 1 N–H and O–H groups in total. The fourth-order valence-corrected chi connectivity index (χ4v) is 3.21. The third-order valence-corrected chi connectivity index (χ3v) is 4.07. The third kappa shape index (κ3) is 5.93. The van der Waals surface area contributed by atoms with Crippen molar-refractivity contribution in [3.8, 4) is 6.07 Å². The minimum Gasteiger partial charge on any atom is -0.303 e. The fraction of sp³-hybridized carbons (Fsp3) is 0.938. The molecule has 3 heteroatoms. The molecule has 0 aromatic heterocycles. The van der Waals surface area contributed by atoms with Gasteiger partial charge in [-0.2, -0.15) is 5.26 Å². The van der Waals surface area contributed by atoms with Crippen LogP contribution >= 0.6 is 0 Å². The van der Waals surface area contributed by atoms with Gasteiger partial charge in [-0.05, 0) is 65.5 Å². The summed E-state index contributed by atoms with van der Waals surface area (Å²) in [4.78, 5) is 2.58. The van der Waals surface area contributed by atoms with Gasteiger partial charge < -0.3 is 4.90 Å². The van der Waals surface area contributed by atoms with Crippen LogP contribution in [0.4, 0.5) is 0 Å². The van der Waals surface area contributed by atoms with Gasteiger partial charge in [-0.1, -0.05) is 13.3 Å². The van der Waals surface area contributed by atoms with Crippen LogP contribution in [0, 0.1) is 17.2 Å². The molecule has 0 radical (unpaired) electrons. The molecule has 0 amide bonds. The monoisotopic (exact) mass is 265 g/mol. The van der Waals surface area contributed by atoms with Crippen molar-refractivity contribution >= 4 is 0 Å². The molecule has 0 aromatic carbocycles. The van der Waals surface area contributed by atoms with E-state index in [9.17, 15) is 5.26 Å². The summed E-state index contributed by atoms with van der Waals surface area (Å²) < 4.78 is 0. The predicted octanol–water partition coefficient (Wildman–Crippen LogP) is 3.17. The van der Waals surface area contributed by atoms with Crippen molar-refractivity contribution in [1.29, 1.82) is 5.26 Å². The van der Waals surface area contributed by atoms with Gasteiger partial charge in [0.2, 0.25) is 0 Å². The number of nitrogens with zero attached hydrogens (tertiary/aromatic N) is 2. The van der Waals surface area contributed by atoms with E-state index in [0.717, 1.165) is 25.3 Å². The molecule has 0 spiro atoms. The van der Waals surface area contributed by atoms with Crippen LogP contribution in [0.3, 0.4) is 0 Å². The van der Waals surface area contributed by atoms with Crippen LogP contribution in [0.25, 0.3) is 0 Å². The van der Waals surface area contributed by atoms with Gasteiger partial charge in [0.05, 0.1) is 6.07 Å². The Bertz CT molecular complexity index is 295. The van der Waals surface area contributed by atoms with E-state index in [1.807, 2.05) is 6.92 Å². The second-order valence-electron chi connectivity index (χ2n) is 6.59. The van der Waals surface area contributed by atoms with Crippen molar-refractivity contribution in [3.63, 3.8) is 0 Å². The zero-order valence-corrected chi connectivity index (χ0v) is 13.2. The summed E-state index contributed by atoms with van der Waals surface area (Å²) in [7, 11) is 0. The van der Waals surface area contributed by atoms with Crippen molar-refractivity contribution in [2.24, 2.45) is 5.92 Å². The normalized spacial score (nSPS) is 23.5. The maximum atomic E-state index is 9.31. The first-order valence-corrected chi connectivity index (χ1v) is 7.90. The van der Waals surface area contributed by atoms with E-state index in [2.05, 4.69) is 37.1 Å². The van der Waals surface area contributed by atoms with Crippen molar-refractivity contribution in [3.05, 3.63) is 0 Å². The molecule has 2 atom stereocenters. The molecule has 1 aliphatic heterocycles. The average Bonchev–Trinajstić information content (AvgIpc) is 2.76. The Labute approximate surface area is 119 Å². The third-order valence-electron chi connectivity index (χ3n) is 4.07. The molecule has 0 saturated carbocycles. The van der Waals surface area contributed by atoms with E-state index in [1.54, 1.807) is 0 Å². The highest BCUT2D eigenvalue weighted by Gasteiger charge is 2.25. The number of nitriles is 1. The van der Waals surface area contributed by atoms with Gasteiger partial charge in [0.25, 0.3) is 0 Å². The molecule has 1 saturated heterocycles. The van der Waals surface area contributed by atoms with Crippen molar-refractivity contribution in [1.82, 2.24) is 10.2 Å². The van der Waals surface area contributed by atoms with Gasteiger partial charge in [-0.25, -0.2) is 0 Å². The first-order valence-electron chi connectivity index (χ1n) is 7.90. The number of hydrogen-bond acceptors (Lipinski definition) is 3. The van der Waals surface area contributed by atoms with E-state index in [1.165, 1.54) is 32.4 Å². The Morgan fingerprint density at radius 1 is 1.47 bits per heavy atom. The van der Waals surface area contributed by atoms with Gasteiger partial charge in [0.1, 0.15) is 5.54 Å². The van der Waals surface area contributed by atoms with Gasteiger partial charge in [0, 0.05) is 12.6 Å². The zero-order chi connectivity index (χ0) is 14.3. The molecule has 1 fully saturated rings. The molecule has 1 aliphatic rings. The minimum absolute atomic E-state index is 0.364. The maximum absolute atomic E-state index is 9.31. The molecule has 0 bridgehead atoms. The predicted molar refractivity (Wildman–Crippen MR) is 81.0 cm³/mol. The van der Waals surface area contributed by atoms with Crippen LogP contribution in [0.15, 0.2) is 0 Å². The van der Waals surface area contributed by atoms with Crippen LogP contribution in [-0.2, 0) is 0 Å². The minimum atomic E-state index is -0.364. The molecular weight excluding hydrogens is 234 g/mol. The molecule has 2 unspecified atom stereocenters. The zero-order valence-electron chi connectivity index (χ0n) is 13.2. The summed E-state index contributed by atoms with van der Waals surface area (Å²) in [5.74, 6) is 0.918. The van der Waals surface area contributed by atoms with E-state index < -0.39 is 0 Å². The van der Waals surface area contributed by atoms with Crippen LogP contribution < -0.4 is 5.32 Å². The Balaban J connectivity index is 2.25. The van der Waals surface area contributed by atoms with E-state index in [4.69, 9.17) is 0 Å². The van der Waals surface area contributed by atoms with Crippen LogP contribution in [-0.4, -0.2) is 36.1 Å². The highest BCUT2D eigenvalue weighted by Crippen LogP contribution is 2.22.